The summed E-state index contributed by atoms with van der Waals surface area (Å²) in [6.07, 6.45) is 2.55. The van der Waals surface area contributed by atoms with Crippen LogP contribution in [0.15, 0.2) is 72.9 Å². The predicted molar refractivity (Wildman–Crippen MR) is 169 cm³/mol. The highest BCUT2D eigenvalue weighted by Crippen LogP contribution is 2.41. The van der Waals surface area contributed by atoms with Crippen molar-refractivity contribution in [1.82, 2.24) is 9.88 Å². The predicted octanol–water partition coefficient (Wildman–Crippen LogP) is 6.02. The number of carbonyl (C=O) groups is 1. The Morgan fingerprint density at radius 2 is 1.80 bits per heavy atom. The number of anilines is 1. The van der Waals surface area contributed by atoms with E-state index in [0.717, 1.165) is 44.8 Å². The fraction of sp³-hybridized carbons (Fsp3) is 0.371. The van der Waals surface area contributed by atoms with Gasteiger partial charge in [0.1, 0.15) is 11.3 Å². The molecule has 3 aromatic carbocycles. The molecule has 45 heavy (non-hydrogen) atoms. The number of halogens is 1. The smallest absolute Gasteiger partial charge is 0.227 e. The second kappa shape index (κ2) is 14.2. The van der Waals surface area contributed by atoms with Crippen LogP contribution >= 0.6 is 0 Å². The van der Waals surface area contributed by atoms with Crippen LogP contribution in [0.2, 0.25) is 0 Å². The van der Waals surface area contributed by atoms with Gasteiger partial charge >= 0.3 is 0 Å². The van der Waals surface area contributed by atoms with Crippen molar-refractivity contribution in [2.45, 2.75) is 18.9 Å². The summed E-state index contributed by atoms with van der Waals surface area (Å²) in [6, 6.07) is 19.8. The van der Waals surface area contributed by atoms with Crippen LogP contribution in [0.5, 0.6) is 23.0 Å². The largest absolute Gasteiger partial charge is 0.491 e. The molecule has 1 amide bonds. The summed E-state index contributed by atoms with van der Waals surface area (Å²) in [5.74, 6) is 0.837. The van der Waals surface area contributed by atoms with Gasteiger partial charge in [0.25, 0.3) is 0 Å². The SMILES string of the molecule is COc1c(OCCCN2CCOCC2)ccc2c(Oc3ccc(N4CC(C(OC)c5ccccc5)CC4=O)cc3F)ccnc12. The molecule has 0 radical (unpaired) electrons. The molecule has 236 valence electrons. The van der Waals surface area contributed by atoms with E-state index in [0.29, 0.717) is 53.4 Å². The van der Waals surface area contributed by atoms with E-state index in [2.05, 4.69) is 9.88 Å². The van der Waals surface area contributed by atoms with Crippen molar-refractivity contribution in [2.24, 2.45) is 5.92 Å². The average molecular weight is 616 g/mol. The number of pyridine rings is 1. The molecule has 3 heterocycles. The quantitative estimate of drug-likeness (QED) is 0.179. The lowest BCUT2D eigenvalue weighted by molar-refractivity contribution is -0.117. The normalized spacial score (nSPS) is 17.9. The Morgan fingerprint density at radius 1 is 1.00 bits per heavy atom. The molecule has 0 bridgehead atoms. The van der Waals surface area contributed by atoms with Gasteiger partial charge in [-0.1, -0.05) is 30.3 Å². The van der Waals surface area contributed by atoms with Crippen LogP contribution in [-0.4, -0.2) is 76.0 Å². The van der Waals surface area contributed by atoms with E-state index in [9.17, 15) is 4.79 Å². The number of carbonyl (C=O) groups excluding carboxylic acids is 1. The maximum absolute atomic E-state index is 15.5. The fourth-order valence-electron chi connectivity index (χ4n) is 6.13. The Hall–Kier alpha value is -4.25. The third-order valence-electron chi connectivity index (χ3n) is 8.39. The van der Waals surface area contributed by atoms with Gasteiger partial charge in [-0.25, -0.2) is 4.39 Å². The molecule has 2 saturated heterocycles. The van der Waals surface area contributed by atoms with Crippen LogP contribution in [0, 0.1) is 11.7 Å². The highest BCUT2D eigenvalue weighted by Gasteiger charge is 2.36. The zero-order valence-corrected chi connectivity index (χ0v) is 25.6. The molecule has 0 spiro atoms. The van der Waals surface area contributed by atoms with Crippen LogP contribution in [-0.2, 0) is 14.3 Å². The minimum atomic E-state index is -0.577. The summed E-state index contributed by atoms with van der Waals surface area (Å²) in [4.78, 5) is 21.5. The molecule has 0 saturated carbocycles. The molecule has 1 aromatic heterocycles. The zero-order chi connectivity index (χ0) is 31.2. The van der Waals surface area contributed by atoms with Gasteiger partial charge in [-0.15, -0.1) is 0 Å². The molecule has 2 unspecified atom stereocenters. The molecule has 0 N–H and O–H groups in total. The summed E-state index contributed by atoms with van der Waals surface area (Å²) >= 11 is 0. The fourth-order valence-corrected chi connectivity index (χ4v) is 6.13. The number of aromatic nitrogens is 1. The lowest BCUT2D eigenvalue weighted by atomic mass is 9.95. The third-order valence-corrected chi connectivity index (χ3v) is 8.39. The Bertz CT molecular complexity index is 1610. The molecular weight excluding hydrogens is 577 g/mol. The van der Waals surface area contributed by atoms with Crippen molar-refractivity contribution in [3.8, 4) is 23.0 Å². The Morgan fingerprint density at radius 3 is 2.56 bits per heavy atom. The summed E-state index contributed by atoms with van der Waals surface area (Å²) in [5, 5.41) is 0.655. The number of fused-ring (bicyclic) bond motifs is 1. The Labute approximate surface area is 262 Å². The summed E-state index contributed by atoms with van der Waals surface area (Å²) < 4.78 is 44.5. The standard InChI is InChI=1S/C35H38FN3O6/c1-41-34(24-7-4-3-5-8-24)25-21-32(40)39(23-25)26-9-11-30(28(36)22-26)45-29-13-14-37-33-27(29)10-12-31(35(33)42-2)44-18-6-15-38-16-19-43-20-17-38/h3-5,7-14,22,25,34H,6,15-21,23H2,1-2H3. The van der Waals surface area contributed by atoms with Crippen LogP contribution in [0.1, 0.15) is 24.5 Å². The lowest BCUT2D eigenvalue weighted by Crippen LogP contribution is -2.37. The first-order valence-corrected chi connectivity index (χ1v) is 15.3. The molecule has 10 heteroatoms. The maximum Gasteiger partial charge on any atom is 0.227 e. The second-order valence-corrected chi connectivity index (χ2v) is 11.2. The van der Waals surface area contributed by atoms with E-state index in [1.807, 2.05) is 42.5 Å². The van der Waals surface area contributed by atoms with Crippen LogP contribution in [0.25, 0.3) is 10.9 Å². The van der Waals surface area contributed by atoms with Crippen LogP contribution in [0.4, 0.5) is 10.1 Å². The van der Waals surface area contributed by atoms with E-state index >= 15 is 4.39 Å². The van der Waals surface area contributed by atoms with Gasteiger partial charge in [0.15, 0.2) is 23.1 Å². The molecule has 2 fully saturated rings. The summed E-state index contributed by atoms with van der Waals surface area (Å²) in [5.41, 5.74) is 2.04. The van der Waals surface area contributed by atoms with Gasteiger partial charge in [-0.2, -0.15) is 0 Å². The molecular formula is C35H38FN3O6. The van der Waals surface area contributed by atoms with Crippen molar-refractivity contribution >= 4 is 22.5 Å². The molecule has 2 atom stereocenters. The molecule has 9 nitrogen and oxygen atoms in total. The number of benzene rings is 3. The molecule has 2 aliphatic rings. The zero-order valence-electron chi connectivity index (χ0n) is 25.6. The average Bonchev–Trinajstić information content (AvgIpc) is 3.46. The maximum atomic E-state index is 15.5. The highest BCUT2D eigenvalue weighted by molar-refractivity contribution is 5.96. The summed E-state index contributed by atoms with van der Waals surface area (Å²) in [6.45, 7) is 5.32. The summed E-state index contributed by atoms with van der Waals surface area (Å²) in [7, 11) is 3.22. The topological polar surface area (TPSA) is 82.6 Å². The number of morpholine rings is 1. The van der Waals surface area contributed by atoms with Gasteiger partial charge in [0.05, 0.1) is 33.0 Å². The van der Waals surface area contributed by atoms with Crippen molar-refractivity contribution in [2.75, 3.05) is 65.1 Å². The minimum Gasteiger partial charge on any atom is -0.491 e. The van der Waals surface area contributed by atoms with Crippen LogP contribution in [0.3, 0.4) is 0 Å². The minimum absolute atomic E-state index is 0.0379. The number of nitrogens with zero attached hydrogens (tertiary/aromatic N) is 3. The van der Waals surface area contributed by atoms with Crippen LogP contribution < -0.4 is 19.1 Å². The number of hydrogen-bond donors (Lipinski definition) is 0. The van der Waals surface area contributed by atoms with Gasteiger partial charge in [0, 0.05) is 69.0 Å². The van der Waals surface area contributed by atoms with Crippen molar-refractivity contribution in [3.63, 3.8) is 0 Å². The van der Waals surface area contributed by atoms with Gasteiger partial charge in [-0.05, 0) is 42.3 Å². The van der Waals surface area contributed by atoms with Crippen molar-refractivity contribution in [3.05, 3.63) is 84.3 Å². The monoisotopic (exact) mass is 615 g/mol. The number of amides is 1. The van der Waals surface area contributed by atoms with Crippen molar-refractivity contribution in [1.29, 1.82) is 0 Å². The van der Waals surface area contributed by atoms with E-state index < -0.39 is 5.82 Å². The number of rotatable bonds is 12. The van der Waals surface area contributed by atoms with E-state index in [4.69, 9.17) is 23.7 Å². The Kier molecular flexibility index (Phi) is 9.73. The highest BCUT2D eigenvalue weighted by atomic mass is 19.1. The van der Waals surface area contributed by atoms with E-state index in [-0.39, 0.29) is 23.7 Å². The molecule has 6 rings (SSSR count). The first kappa shape index (κ1) is 30.8. The van der Waals surface area contributed by atoms with Gasteiger partial charge in [-0.3, -0.25) is 14.7 Å². The molecule has 0 aliphatic carbocycles. The van der Waals surface area contributed by atoms with Gasteiger partial charge in [0.2, 0.25) is 5.91 Å². The lowest BCUT2D eigenvalue weighted by Gasteiger charge is -2.26. The number of hydrogen-bond acceptors (Lipinski definition) is 8. The number of ether oxygens (including phenoxy) is 5. The third kappa shape index (κ3) is 6.88. The van der Waals surface area contributed by atoms with Crippen molar-refractivity contribution < 1.29 is 32.9 Å². The molecule has 2 aliphatic heterocycles. The first-order chi connectivity index (χ1) is 22.1. The first-order valence-electron chi connectivity index (χ1n) is 15.3. The Balaban J connectivity index is 1.14. The van der Waals surface area contributed by atoms with Gasteiger partial charge < -0.3 is 28.6 Å². The second-order valence-electron chi connectivity index (χ2n) is 11.2. The van der Waals surface area contributed by atoms with E-state index in [1.54, 1.807) is 43.5 Å². The molecule has 4 aromatic rings. The number of methoxy groups -OCH3 is 2. The van der Waals surface area contributed by atoms with E-state index in [1.165, 1.54) is 6.07 Å².